The predicted molar refractivity (Wildman–Crippen MR) is 82.1 cm³/mol. The third kappa shape index (κ3) is 2.36. The fourth-order valence-electron chi connectivity index (χ4n) is 2.71. The molecule has 3 rings (SSSR count). The Hall–Kier alpha value is -0.740. The highest BCUT2D eigenvalue weighted by Crippen LogP contribution is 2.34. The second-order valence-electron chi connectivity index (χ2n) is 5.10. The highest BCUT2D eigenvalue weighted by molar-refractivity contribution is 7.99. The third-order valence-corrected chi connectivity index (χ3v) is 4.96. The molecule has 0 bridgehead atoms. The minimum absolute atomic E-state index is 0.0804. The lowest BCUT2D eigenvalue weighted by Gasteiger charge is -2.25. The van der Waals surface area contributed by atoms with E-state index in [1.165, 1.54) is 29.9 Å². The minimum atomic E-state index is -0.0804. The van der Waals surface area contributed by atoms with Crippen molar-refractivity contribution in [2.45, 2.75) is 38.1 Å². The molecular formula is C14H18ClN3S. The Kier molecular flexibility index (Phi) is 3.72. The summed E-state index contributed by atoms with van der Waals surface area (Å²) in [5, 5.41) is -0.0804. The van der Waals surface area contributed by atoms with Crippen molar-refractivity contribution in [1.29, 1.82) is 0 Å². The van der Waals surface area contributed by atoms with Gasteiger partial charge in [-0.15, -0.1) is 11.6 Å². The first kappa shape index (κ1) is 13.3. The number of halogens is 1. The second kappa shape index (κ2) is 5.33. The molecule has 0 saturated carbocycles. The van der Waals surface area contributed by atoms with Crippen LogP contribution >= 0.6 is 23.4 Å². The quantitative estimate of drug-likeness (QED) is 0.781. The van der Waals surface area contributed by atoms with Crippen molar-refractivity contribution in [2.24, 2.45) is 0 Å². The first-order valence-corrected chi connectivity index (χ1v) is 8.33. The highest BCUT2D eigenvalue weighted by atomic mass is 35.5. The fourth-order valence-corrected chi connectivity index (χ4v) is 3.95. The summed E-state index contributed by atoms with van der Waals surface area (Å²) in [6, 6.07) is 2.51. The van der Waals surface area contributed by atoms with Crippen LogP contribution in [0, 0.1) is 6.92 Å². The summed E-state index contributed by atoms with van der Waals surface area (Å²) >= 11 is 8.37. The molecule has 1 aliphatic heterocycles. The highest BCUT2D eigenvalue weighted by Gasteiger charge is 2.24. The maximum absolute atomic E-state index is 6.34. The van der Waals surface area contributed by atoms with Crippen LogP contribution in [0.2, 0.25) is 0 Å². The number of fused-ring (bicyclic) bond motifs is 1. The first-order chi connectivity index (χ1) is 9.18. The Bertz CT molecular complexity index is 588. The molecule has 0 aromatic carbocycles. The van der Waals surface area contributed by atoms with Gasteiger partial charge in [-0.2, -0.15) is 11.8 Å². The van der Waals surface area contributed by atoms with Crippen LogP contribution in [0.5, 0.6) is 0 Å². The van der Waals surface area contributed by atoms with Crippen LogP contribution in [-0.4, -0.2) is 26.0 Å². The van der Waals surface area contributed by atoms with Crippen LogP contribution in [0.15, 0.2) is 12.3 Å². The summed E-state index contributed by atoms with van der Waals surface area (Å²) in [5.74, 6) is 3.40. The fraction of sp³-hybridized carbons (Fsp3) is 0.571. The van der Waals surface area contributed by atoms with E-state index in [0.717, 1.165) is 17.0 Å². The van der Waals surface area contributed by atoms with Gasteiger partial charge in [0, 0.05) is 12.2 Å². The van der Waals surface area contributed by atoms with E-state index < -0.39 is 0 Å². The van der Waals surface area contributed by atoms with Crippen molar-refractivity contribution in [3.05, 3.63) is 23.7 Å². The molecule has 0 amide bonds. The van der Waals surface area contributed by atoms with E-state index in [1.54, 1.807) is 0 Å². The monoisotopic (exact) mass is 295 g/mol. The maximum atomic E-state index is 6.34. The van der Waals surface area contributed by atoms with Crippen LogP contribution < -0.4 is 0 Å². The molecule has 2 aromatic heterocycles. The molecule has 1 fully saturated rings. The Morgan fingerprint density at radius 2 is 2.16 bits per heavy atom. The number of aromatic nitrogens is 3. The molecule has 0 aliphatic carbocycles. The topological polar surface area (TPSA) is 30.7 Å². The van der Waals surface area contributed by atoms with E-state index in [9.17, 15) is 0 Å². The molecular weight excluding hydrogens is 278 g/mol. The average molecular weight is 296 g/mol. The summed E-state index contributed by atoms with van der Waals surface area (Å²) in [4.78, 5) is 9.30. The number of rotatable bonds is 2. The average Bonchev–Trinajstić information content (AvgIpc) is 2.81. The van der Waals surface area contributed by atoms with E-state index in [0.29, 0.717) is 6.04 Å². The molecule has 19 heavy (non-hydrogen) atoms. The Morgan fingerprint density at radius 3 is 2.84 bits per heavy atom. The second-order valence-corrected chi connectivity index (χ2v) is 6.98. The van der Waals surface area contributed by atoms with Crippen molar-refractivity contribution in [1.82, 2.24) is 14.5 Å². The normalized spacial score (nSPS) is 18.9. The van der Waals surface area contributed by atoms with Gasteiger partial charge in [-0.25, -0.2) is 9.97 Å². The van der Waals surface area contributed by atoms with Crippen molar-refractivity contribution in [3.63, 3.8) is 0 Å². The van der Waals surface area contributed by atoms with Gasteiger partial charge in [0.15, 0.2) is 5.65 Å². The first-order valence-electron chi connectivity index (χ1n) is 6.73. The Balaban J connectivity index is 2.18. The van der Waals surface area contributed by atoms with Crippen LogP contribution in [-0.2, 0) is 0 Å². The molecule has 1 saturated heterocycles. The number of imidazole rings is 1. The van der Waals surface area contributed by atoms with Gasteiger partial charge in [0.2, 0.25) is 0 Å². The molecule has 0 radical (unpaired) electrons. The lowest BCUT2D eigenvalue weighted by Crippen LogP contribution is -2.18. The van der Waals surface area contributed by atoms with Crippen molar-refractivity contribution >= 4 is 34.5 Å². The molecule has 3 heterocycles. The summed E-state index contributed by atoms with van der Waals surface area (Å²) in [6.45, 7) is 4.08. The number of nitrogens with zero attached hydrogens (tertiary/aromatic N) is 3. The standard InChI is InChI=1S/C14H18ClN3S/c1-9-3-6-16-14-12(9)17-13(10(2)15)18(14)11-4-7-19-8-5-11/h3,6,10-11H,4-5,7-8H2,1-2H3. The molecule has 1 atom stereocenters. The van der Waals surface area contributed by atoms with Gasteiger partial charge < -0.3 is 4.57 Å². The van der Waals surface area contributed by atoms with Crippen molar-refractivity contribution in [2.75, 3.05) is 11.5 Å². The SMILES string of the molecule is Cc1ccnc2c1nc(C(C)Cl)n2C1CCSCC1. The van der Waals surface area contributed by atoms with Gasteiger partial charge in [0.05, 0.1) is 5.38 Å². The summed E-state index contributed by atoms with van der Waals surface area (Å²) in [6.07, 6.45) is 4.24. The molecule has 102 valence electrons. The van der Waals surface area contributed by atoms with E-state index in [4.69, 9.17) is 16.6 Å². The largest absolute Gasteiger partial charge is 0.308 e. The number of thioether (sulfide) groups is 1. The Morgan fingerprint density at radius 1 is 1.42 bits per heavy atom. The van der Waals surface area contributed by atoms with Crippen molar-refractivity contribution < 1.29 is 0 Å². The van der Waals surface area contributed by atoms with Gasteiger partial charge in [-0.3, -0.25) is 0 Å². The number of pyridine rings is 1. The van der Waals surface area contributed by atoms with Gasteiger partial charge >= 0.3 is 0 Å². The van der Waals surface area contributed by atoms with E-state index in [1.807, 2.05) is 30.9 Å². The van der Waals surface area contributed by atoms with Gasteiger partial charge in [0.1, 0.15) is 11.3 Å². The number of aryl methyl sites for hydroxylation is 1. The van der Waals surface area contributed by atoms with Crippen LogP contribution in [0.25, 0.3) is 11.2 Å². The van der Waals surface area contributed by atoms with Gasteiger partial charge in [-0.05, 0) is 49.8 Å². The molecule has 0 N–H and O–H groups in total. The molecule has 1 aliphatic rings. The molecule has 3 nitrogen and oxygen atoms in total. The third-order valence-electron chi connectivity index (χ3n) is 3.72. The summed E-state index contributed by atoms with van der Waals surface area (Å²) in [7, 11) is 0. The number of alkyl halides is 1. The number of hydrogen-bond acceptors (Lipinski definition) is 3. The zero-order valence-electron chi connectivity index (χ0n) is 11.3. The molecule has 0 spiro atoms. The Labute approximate surface area is 122 Å². The molecule has 1 unspecified atom stereocenters. The maximum Gasteiger partial charge on any atom is 0.160 e. The van der Waals surface area contributed by atoms with Gasteiger partial charge in [-0.1, -0.05) is 0 Å². The summed E-state index contributed by atoms with van der Waals surface area (Å²) in [5.41, 5.74) is 3.18. The van der Waals surface area contributed by atoms with Crippen LogP contribution in [0.3, 0.4) is 0 Å². The predicted octanol–water partition coefficient (Wildman–Crippen LogP) is 4.11. The number of hydrogen-bond donors (Lipinski definition) is 0. The van der Waals surface area contributed by atoms with E-state index in [2.05, 4.69) is 16.5 Å². The van der Waals surface area contributed by atoms with Gasteiger partial charge in [0.25, 0.3) is 0 Å². The molecule has 2 aromatic rings. The zero-order valence-corrected chi connectivity index (χ0v) is 12.8. The lowest BCUT2D eigenvalue weighted by atomic mass is 10.1. The van der Waals surface area contributed by atoms with E-state index in [-0.39, 0.29) is 5.38 Å². The zero-order chi connectivity index (χ0) is 13.4. The van der Waals surface area contributed by atoms with Crippen molar-refractivity contribution in [3.8, 4) is 0 Å². The smallest absolute Gasteiger partial charge is 0.160 e. The lowest BCUT2D eigenvalue weighted by molar-refractivity contribution is 0.462. The van der Waals surface area contributed by atoms with Crippen LogP contribution in [0.1, 0.15) is 42.6 Å². The molecule has 5 heteroatoms. The van der Waals surface area contributed by atoms with E-state index >= 15 is 0 Å². The minimum Gasteiger partial charge on any atom is -0.308 e. The summed E-state index contributed by atoms with van der Waals surface area (Å²) < 4.78 is 2.29. The van der Waals surface area contributed by atoms with Crippen LogP contribution in [0.4, 0.5) is 0 Å².